The predicted octanol–water partition coefficient (Wildman–Crippen LogP) is 14.1. The molecule has 11 rings (SSSR count). The van der Waals surface area contributed by atoms with Crippen LogP contribution in [0.2, 0.25) is 0 Å². The van der Waals surface area contributed by atoms with Crippen LogP contribution in [0.15, 0.2) is 182 Å². The average Bonchev–Trinajstić information content (AvgIpc) is 3.62. The van der Waals surface area contributed by atoms with Crippen LogP contribution >= 0.6 is 11.3 Å². The van der Waals surface area contributed by atoms with Gasteiger partial charge in [0.05, 0.1) is 22.9 Å². The van der Waals surface area contributed by atoms with Gasteiger partial charge in [-0.1, -0.05) is 146 Å². The molecule has 11 aromatic rings. The average molecular weight is 691 g/mol. The van der Waals surface area contributed by atoms with E-state index in [2.05, 4.69) is 176 Å². The quantitative estimate of drug-likeness (QED) is 0.172. The van der Waals surface area contributed by atoms with Crippen LogP contribution in [0.5, 0.6) is 0 Å². The normalized spacial score (nSPS) is 11.8. The lowest BCUT2D eigenvalue weighted by Crippen LogP contribution is -1.92. The van der Waals surface area contributed by atoms with Crippen molar-refractivity contribution < 1.29 is 0 Å². The Morgan fingerprint density at radius 2 is 0.887 bits per heavy atom. The van der Waals surface area contributed by atoms with Crippen molar-refractivity contribution in [1.29, 1.82) is 0 Å². The van der Waals surface area contributed by atoms with Gasteiger partial charge in [-0.25, -0.2) is 4.98 Å². The van der Waals surface area contributed by atoms with Crippen molar-refractivity contribution in [1.82, 2.24) is 9.97 Å². The fourth-order valence-electron chi connectivity index (χ4n) is 8.07. The van der Waals surface area contributed by atoms with Gasteiger partial charge in [0.25, 0.3) is 0 Å². The molecule has 2 aromatic heterocycles. The molecule has 0 aliphatic carbocycles. The van der Waals surface area contributed by atoms with Gasteiger partial charge >= 0.3 is 0 Å². The first-order valence-corrected chi connectivity index (χ1v) is 18.8. The van der Waals surface area contributed by atoms with Gasteiger partial charge in [-0.2, -0.15) is 0 Å². The van der Waals surface area contributed by atoms with Crippen LogP contribution < -0.4 is 0 Å². The van der Waals surface area contributed by atoms with Crippen LogP contribution in [0.25, 0.3) is 108 Å². The molecule has 0 aliphatic heterocycles. The Hall–Kier alpha value is -6.68. The van der Waals surface area contributed by atoms with Crippen molar-refractivity contribution in [3.05, 3.63) is 182 Å². The lowest BCUT2D eigenvalue weighted by atomic mass is 9.95. The lowest BCUT2D eigenvalue weighted by molar-refractivity contribution is 1.31. The number of benzene rings is 9. The van der Waals surface area contributed by atoms with E-state index in [1.165, 1.54) is 69.5 Å². The summed E-state index contributed by atoms with van der Waals surface area (Å²) in [7, 11) is 0. The summed E-state index contributed by atoms with van der Waals surface area (Å²) in [5.41, 5.74) is 11.1. The smallest absolute Gasteiger partial charge is 0.0979 e. The molecular weight excluding hydrogens is 661 g/mol. The first-order chi connectivity index (χ1) is 26.2. The topological polar surface area (TPSA) is 25.8 Å². The van der Waals surface area contributed by atoms with E-state index < -0.39 is 0 Å². The third-order valence-corrected chi connectivity index (χ3v) is 11.9. The molecule has 53 heavy (non-hydrogen) atoms. The number of fused-ring (bicyclic) bond motifs is 10. The van der Waals surface area contributed by atoms with Crippen molar-refractivity contribution in [2.45, 2.75) is 0 Å². The third kappa shape index (κ3) is 4.93. The van der Waals surface area contributed by atoms with Crippen LogP contribution in [-0.4, -0.2) is 9.97 Å². The molecule has 2 heterocycles. The van der Waals surface area contributed by atoms with Crippen molar-refractivity contribution in [2.75, 3.05) is 0 Å². The van der Waals surface area contributed by atoms with Crippen LogP contribution in [-0.2, 0) is 0 Å². The Kier molecular flexibility index (Phi) is 6.76. The Bertz CT molecular complexity index is 3210. The van der Waals surface area contributed by atoms with Crippen LogP contribution in [0.3, 0.4) is 0 Å². The molecule has 0 aliphatic rings. The van der Waals surface area contributed by atoms with Crippen LogP contribution in [0.1, 0.15) is 0 Å². The molecule has 0 saturated heterocycles. The zero-order valence-corrected chi connectivity index (χ0v) is 29.4. The number of aromatic nitrogens is 2. The largest absolute Gasteiger partial charge is 0.252 e. The highest BCUT2D eigenvalue weighted by molar-refractivity contribution is 7.26. The minimum Gasteiger partial charge on any atom is -0.252 e. The van der Waals surface area contributed by atoms with Crippen LogP contribution in [0.4, 0.5) is 0 Å². The highest BCUT2D eigenvalue weighted by Gasteiger charge is 2.14. The molecular formula is C50H30N2S. The number of rotatable bonds is 4. The zero-order valence-electron chi connectivity index (χ0n) is 28.6. The van der Waals surface area contributed by atoms with Gasteiger partial charge in [-0.3, -0.25) is 4.98 Å². The summed E-state index contributed by atoms with van der Waals surface area (Å²) in [4.78, 5) is 10.2. The third-order valence-electron chi connectivity index (χ3n) is 10.7. The summed E-state index contributed by atoms with van der Waals surface area (Å²) in [5, 5.41) is 9.76. The number of nitrogens with zero attached hydrogens (tertiary/aromatic N) is 2. The van der Waals surface area contributed by atoms with Gasteiger partial charge in [0.2, 0.25) is 0 Å². The molecule has 3 heteroatoms. The molecule has 0 N–H and O–H groups in total. The van der Waals surface area contributed by atoms with E-state index in [9.17, 15) is 0 Å². The molecule has 9 aromatic carbocycles. The maximum absolute atomic E-state index is 5.24. The lowest BCUT2D eigenvalue weighted by Gasteiger charge is -2.11. The van der Waals surface area contributed by atoms with Crippen LogP contribution in [0, 0.1) is 0 Å². The van der Waals surface area contributed by atoms with Gasteiger partial charge in [0.1, 0.15) is 0 Å². The molecule has 0 fully saturated rings. The van der Waals surface area contributed by atoms with Crippen molar-refractivity contribution in [3.63, 3.8) is 0 Å². The van der Waals surface area contributed by atoms with Gasteiger partial charge in [-0.15, -0.1) is 11.3 Å². The monoisotopic (exact) mass is 690 g/mol. The first-order valence-electron chi connectivity index (χ1n) is 18.0. The van der Waals surface area contributed by atoms with E-state index >= 15 is 0 Å². The van der Waals surface area contributed by atoms with E-state index in [0.717, 1.165) is 38.6 Å². The second-order valence-corrected chi connectivity index (χ2v) is 14.8. The summed E-state index contributed by atoms with van der Waals surface area (Å²) in [6.07, 6.45) is 1.92. The summed E-state index contributed by atoms with van der Waals surface area (Å²) < 4.78 is 2.67. The first kappa shape index (κ1) is 30.0. The summed E-state index contributed by atoms with van der Waals surface area (Å²) in [6.45, 7) is 0. The van der Waals surface area contributed by atoms with E-state index in [0.29, 0.717) is 0 Å². The fourth-order valence-corrected chi connectivity index (χ4v) is 9.30. The van der Waals surface area contributed by atoms with Gasteiger partial charge in [0, 0.05) is 36.5 Å². The highest BCUT2D eigenvalue weighted by atomic mass is 32.1. The number of hydrogen-bond donors (Lipinski definition) is 0. The van der Waals surface area contributed by atoms with Gasteiger partial charge in [0.15, 0.2) is 0 Å². The summed E-state index contributed by atoms with van der Waals surface area (Å²) >= 11 is 1.88. The van der Waals surface area contributed by atoms with E-state index in [4.69, 9.17) is 9.97 Å². The zero-order chi connectivity index (χ0) is 34.9. The molecule has 0 amide bonds. The molecule has 0 saturated carbocycles. The molecule has 2 nitrogen and oxygen atoms in total. The molecule has 0 unspecified atom stereocenters. The van der Waals surface area contributed by atoms with Crippen molar-refractivity contribution >= 4 is 74.9 Å². The van der Waals surface area contributed by atoms with E-state index in [1.807, 2.05) is 17.5 Å². The standard InChI is InChI=1S/C50H30N2S/c1-3-17-43-40(14-1)41-15-2-4-18-44(41)49-48(43)51-30-46(52-49)38-13-8-11-32(29-38)34-23-25-35-26-33(22-24-36(35)27-34)31-10-7-12-37(28-31)39-19-9-20-45-42-16-5-6-21-47(42)53-50(39)45/h1-30H. The molecule has 246 valence electrons. The second kappa shape index (κ2) is 11.9. The maximum atomic E-state index is 5.24. The molecule has 0 radical (unpaired) electrons. The maximum Gasteiger partial charge on any atom is 0.0979 e. The summed E-state index contributed by atoms with van der Waals surface area (Å²) in [6, 6.07) is 63.6. The Balaban J connectivity index is 0.938. The molecule has 0 bridgehead atoms. The van der Waals surface area contributed by atoms with Crippen molar-refractivity contribution in [2.24, 2.45) is 0 Å². The minimum atomic E-state index is 0.871. The SMILES string of the molecule is c1cc(-c2ccc3cc(-c4cccc(-c5cccc6c5sc5ccccc56)c4)ccc3c2)cc(-c2cnc3c4ccccc4c4ccccc4c3n2)c1. The number of hydrogen-bond acceptors (Lipinski definition) is 3. The Labute approximate surface area is 310 Å². The van der Waals surface area contributed by atoms with E-state index in [-0.39, 0.29) is 0 Å². The molecule has 0 spiro atoms. The predicted molar refractivity (Wildman–Crippen MR) is 227 cm³/mol. The number of thiophene rings is 1. The van der Waals surface area contributed by atoms with E-state index in [1.54, 1.807) is 0 Å². The molecule has 0 atom stereocenters. The second-order valence-electron chi connectivity index (χ2n) is 13.8. The fraction of sp³-hybridized carbons (Fsp3) is 0. The van der Waals surface area contributed by atoms with Gasteiger partial charge in [-0.05, 0) is 85.3 Å². The Morgan fingerprint density at radius 3 is 1.60 bits per heavy atom. The summed E-state index contributed by atoms with van der Waals surface area (Å²) in [5.74, 6) is 0. The van der Waals surface area contributed by atoms with Crippen molar-refractivity contribution in [3.8, 4) is 44.6 Å². The highest BCUT2D eigenvalue weighted by Crippen LogP contribution is 2.41. The minimum absolute atomic E-state index is 0.871. The van der Waals surface area contributed by atoms with Gasteiger partial charge < -0.3 is 0 Å². The Morgan fingerprint density at radius 1 is 0.358 bits per heavy atom.